The molecule has 0 heterocycles. The quantitative estimate of drug-likeness (QED) is 0.662. The first kappa shape index (κ1) is 16.6. The molecule has 122 valence electrons. The van der Waals surface area contributed by atoms with Crippen molar-refractivity contribution in [2.24, 2.45) is 0 Å². The van der Waals surface area contributed by atoms with Gasteiger partial charge >= 0.3 is 0 Å². The van der Waals surface area contributed by atoms with Gasteiger partial charge in [-0.3, -0.25) is 4.79 Å². The van der Waals surface area contributed by atoms with Crippen LogP contribution in [0.3, 0.4) is 0 Å². The number of anilines is 1. The molecule has 0 saturated carbocycles. The number of fused-ring (bicyclic) bond motifs is 1. The van der Waals surface area contributed by atoms with Gasteiger partial charge in [0.2, 0.25) is 0 Å². The Morgan fingerprint density at radius 3 is 2.54 bits per heavy atom. The SMILES string of the molecule is C[C@H](Oc1ccc2ccccc2c1)C(=O)Nc1cc(Cl)ccc1Cl. The molecule has 1 N–H and O–H groups in total. The van der Waals surface area contributed by atoms with Gasteiger partial charge in [0.05, 0.1) is 10.7 Å². The monoisotopic (exact) mass is 359 g/mol. The van der Waals surface area contributed by atoms with Gasteiger partial charge in [0.15, 0.2) is 6.10 Å². The average Bonchev–Trinajstić information content (AvgIpc) is 2.58. The van der Waals surface area contributed by atoms with E-state index in [2.05, 4.69) is 5.32 Å². The summed E-state index contributed by atoms with van der Waals surface area (Å²) in [6.45, 7) is 1.68. The number of hydrogen-bond acceptors (Lipinski definition) is 2. The Morgan fingerprint density at radius 1 is 1.00 bits per heavy atom. The third-order valence-corrected chi connectivity index (χ3v) is 4.15. The molecule has 0 aliphatic rings. The zero-order chi connectivity index (χ0) is 17.1. The molecule has 0 bridgehead atoms. The Balaban J connectivity index is 1.72. The first-order chi connectivity index (χ1) is 11.5. The molecule has 1 amide bonds. The maximum Gasteiger partial charge on any atom is 0.265 e. The van der Waals surface area contributed by atoms with Crippen LogP contribution in [-0.4, -0.2) is 12.0 Å². The summed E-state index contributed by atoms with van der Waals surface area (Å²) in [7, 11) is 0. The van der Waals surface area contributed by atoms with Crippen molar-refractivity contribution in [3.63, 3.8) is 0 Å². The van der Waals surface area contributed by atoms with Crippen molar-refractivity contribution < 1.29 is 9.53 Å². The van der Waals surface area contributed by atoms with Gasteiger partial charge in [-0.1, -0.05) is 53.5 Å². The standard InChI is InChI=1S/C19H15Cl2NO2/c1-12(19(23)22-18-11-15(20)7-9-17(18)21)24-16-8-6-13-4-2-3-5-14(13)10-16/h2-12H,1H3,(H,22,23)/t12-/m0/s1. The predicted molar refractivity (Wildman–Crippen MR) is 99.1 cm³/mol. The molecule has 1 atom stereocenters. The highest BCUT2D eigenvalue weighted by molar-refractivity contribution is 6.35. The number of hydrogen-bond donors (Lipinski definition) is 1. The van der Waals surface area contributed by atoms with Crippen LogP contribution < -0.4 is 10.1 Å². The fraction of sp³-hybridized carbons (Fsp3) is 0.105. The van der Waals surface area contributed by atoms with Gasteiger partial charge in [0, 0.05) is 5.02 Å². The second-order valence-corrected chi connectivity index (χ2v) is 6.23. The Hall–Kier alpha value is -2.23. The van der Waals surface area contributed by atoms with E-state index in [1.165, 1.54) is 0 Å². The second kappa shape index (κ2) is 7.12. The van der Waals surface area contributed by atoms with Crippen LogP contribution in [0.4, 0.5) is 5.69 Å². The van der Waals surface area contributed by atoms with Crippen LogP contribution in [0.15, 0.2) is 60.7 Å². The van der Waals surface area contributed by atoms with Gasteiger partial charge in [-0.25, -0.2) is 0 Å². The van der Waals surface area contributed by atoms with E-state index >= 15 is 0 Å². The molecule has 0 fully saturated rings. The molecule has 3 aromatic rings. The van der Waals surface area contributed by atoms with E-state index in [0.717, 1.165) is 10.8 Å². The third-order valence-electron chi connectivity index (χ3n) is 3.59. The van der Waals surface area contributed by atoms with E-state index in [9.17, 15) is 4.79 Å². The lowest BCUT2D eigenvalue weighted by Crippen LogP contribution is -2.30. The van der Waals surface area contributed by atoms with Crippen molar-refractivity contribution in [3.05, 3.63) is 70.7 Å². The smallest absolute Gasteiger partial charge is 0.265 e. The molecular formula is C19H15Cl2NO2. The molecule has 0 radical (unpaired) electrons. The number of carbonyl (C=O) groups excluding carboxylic acids is 1. The van der Waals surface area contributed by atoms with E-state index in [1.54, 1.807) is 25.1 Å². The molecule has 3 aromatic carbocycles. The number of amides is 1. The van der Waals surface area contributed by atoms with Crippen molar-refractivity contribution in [2.75, 3.05) is 5.32 Å². The van der Waals surface area contributed by atoms with Gasteiger partial charge in [0.25, 0.3) is 5.91 Å². The number of halogens is 2. The molecule has 0 aromatic heterocycles. The predicted octanol–water partition coefficient (Wildman–Crippen LogP) is 5.55. The average molecular weight is 360 g/mol. The molecule has 0 aliphatic carbocycles. The summed E-state index contributed by atoms with van der Waals surface area (Å²) in [4.78, 5) is 12.3. The molecule has 0 aliphatic heterocycles. The Kier molecular flexibility index (Phi) is 4.93. The third kappa shape index (κ3) is 3.81. The Bertz CT molecular complexity index is 895. The number of benzene rings is 3. The molecular weight excluding hydrogens is 345 g/mol. The van der Waals surface area contributed by atoms with Crippen LogP contribution in [0.1, 0.15) is 6.92 Å². The Morgan fingerprint density at radius 2 is 1.75 bits per heavy atom. The first-order valence-corrected chi connectivity index (χ1v) is 8.20. The van der Waals surface area contributed by atoms with E-state index in [4.69, 9.17) is 27.9 Å². The number of ether oxygens (including phenoxy) is 1. The molecule has 24 heavy (non-hydrogen) atoms. The van der Waals surface area contributed by atoms with E-state index in [-0.39, 0.29) is 5.91 Å². The first-order valence-electron chi connectivity index (χ1n) is 7.44. The number of nitrogens with one attached hydrogen (secondary N) is 1. The highest BCUT2D eigenvalue weighted by Crippen LogP contribution is 2.26. The van der Waals surface area contributed by atoms with Crippen molar-refractivity contribution in [1.82, 2.24) is 0 Å². The fourth-order valence-corrected chi connectivity index (χ4v) is 2.66. The van der Waals surface area contributed by atoms with Crippen LogP contribution in [0, 0.1) is 0 Å². The fourth-order valence-electron chi connectivity index (χ4n) is 2.33. The van der Waals surface area contributed by atoms with Gasteiger partial charge in [0.1, 0.15) is 5.75 Å². The van der Waals surface area contributed by atoms with Gasteiger partial charge < -0.3 is 10.1 Å². The minimum atomic E-state index is -0.679. The van der Waals surface area contributed by atoms with Gasteiger partial charge in [-0.05, 0) is 48.0 Å². The summed E-state index contributed by atoms with van der Waals surface area (Å²) in [5, 5.41) is 5.82. The maximum absolute atomic E-state index is 12.3. The number of carbonyl (C=O) groups is 1. The highest BCUT2D eigenvalue weighted by atomic mass is 35.5. The minimum Gasteiger partial charge on any atom is -0.481 e. The zero-order valence-corrected chi connectivity index (χ0v) is 14.4. The van der Waals surface area contributed by atoms with Crippen LogP contribution in [0.2, 0.25) is 10.0 Å². The largest absolute Gasteiger partial charge is 0.481 e. The zero-order valence-electron chi connectivity index (χ0n) is 12.9. The van der Waals surface area contributed by atoms with E-state index < -0.39 is 6.10 Å². The summed E-state index contributed by atoms with van der Waals surface area (Å²) in [6, 6.07) is 18.6. The molecule has 0 spiro atoms. The van der Waals surface area contributed by atoms with Crippen molar-refractivity contribution in [3.8, 4) is 5.75 Å². The highest BCUT2D eigenvalue weighted by Gasteiger charge is 2.16. The van der Waals surface area contributed by atoms with Crippen molar-refractivity contribution >= 4 is 45.6 Å². The molecule has 3 nitrogen and oxygen atoms in total. The lowest BCUT2D eigenvalue weighted by Gasteiger charge is -2.16. The van der Waals surface area contributed by atoms with Crippen LogP contribution >= 0.6 is 23.2 Å². The van der Waals surface area contributed by atoms with Gasteiger partial charge in [-0.2, -0.15) is 0 Å². The summed E-state index contributed by atoms with van der Waals surface area (Å²) in [5.41, 5.74) is 0.461. The van der Waals surface area contributed by atoms with Crippen LogP contribution in [0.25, 0.3) is 10.8 Å². The van der Waals surface area contributed by atoms with Gasteiger partial charge in [-0.15, -0.1) is 0 Å². The topological polar surface area (TPSA) is 38.3 Å². The minimum absolute atomic E-state index is 0.299. The molecule has 0 saturated heterocycles. The lowest BCUT2D eigenvalue weighted by molar-refractivity contribution is -0.122. The second-order valence-electron chi connectivity index (χ2n) is 5.38. The Labute approximate surface area is 150 Å². The molecule has 3 rings (SSSR count). The normalized spacial score (nSPS) is 12.0. The summed E-state index contributed by atoms with van der Waals surface area (Å²) in [6.07, 6.45) is -0.679. The molecule has 5 heteroatoms. The summed E-state index contributed by atoms with van der Waals surface area (Å²) < 4.78 is 5.74. The van der Waals surface area contributed by atoms with Crippen LogP contribution in [-0.2, 0) is 4.79 Å². The lowest BCUT2D eigenvalue weighted by atomic mass is 10.1. The summed E-state index contributed by atoms with van der Waals surface area (Å²) >= 11 is 12.0. The molecule has 0 unspecified atom stereocenters. The van der Waals surface area contributed by atoms with Crippen LogP contribution in [0.5, 0.6) is 5.75 Å². The van der Waals surface area contributed by atoms with Crippen molar-refractivity contribution in [2.45, 2.75) is 13.0 Å². The van der Waals surface area contributed by atoms with E-state index in [0.29, 0.717) is 21.5 Å². The summed E-state index contributed by atoms with van der Waals surface area (Å²) in [5.74, 6) is 0.334. The van der Waals surface area contributed by atoms with Crippen molar-refractivity contribution in [1.29, 1.82) is 0 Å². The van der Waals surface area contributed by atoms with E-state index in [1.807, 2.05) is 42.5 Å². The number of rotatable bonds is 4. The maximum atomic E-state index is 12.3.